The van der Waals surface area contributed by atoms with E-state index >= 15 is 0 Å². The molecule has 0 saturated carbocycles. The number of amides is 1. The molecular weight excluding hydrogens is 496 g/mol. The molecule has 1 amide bonds. The van der Waals surface area contributed by atoms with Gasteiger partial charge in [0.25, 0.3) is 15.9 Å². The highest BCUT2D eigenvalue weighted by molar-refractivity contribution is 7.92. The van der Waals surface area contributed by atoms with Crippen molar-refractivity contribution in [2.75, 3.05) is 10.8 Å². The maximum Gasteiger partial charge on any atom is 0.264 e. The van der Waals surface area contributed by atoms with Crippen molar-refractivity contribution in [3.63, 3.8) is 0 Å². The fraction of sp³-hybridized carbons (Fsp3) is 0.200. The van der Waals surface area contributed by atoms with E-state index in [1.54, 1.807) is 60.8 Å². The Balaban J connectivity index is 1.54. The van der Waals surface area contributed by atoms with Crippen molar-refractivity contribution < 1.29 is 13.2 Å². The number of sulfonamides is 1. The molecule has 3 aromatic carbocycles. The minimum Gasteiger partial charge on any atom is -0.318 e. The molecule has 0 saturated heterocycles. The standard InChI is InChI=1S/C30H32N4O3S/c1-21-11-13-29(14-12-21)38(36,37)33(27-9-7-6-8-10-27)20-30(35)32-31-19-26-18-24(4)34(25(26)5)28-16-22(2)15-23(3)17-28/h6-19H,20H2,1-5H3,(H,32,35)/b31-19-. The summed E-state index contributed by atoms with van der Waals surface area (Å²) in [5.74, 6) is -0.552. The zero-order valence-corrected chi connectivity index (χ0v) is 23.1. The SMILES string of the molecule is Cc1ccc(S(=O)(=O)N(CC(=O)N/N=C\c2cc(C)n(-c3cc(C)cc(C)c3)c2C)c2ccccc2)cc1. The zero-order valence-electron chi connectivity index (χ0n) is 22.3. The lowest BCUT2D eigenvalue weighted by molar-refractivity contribution is -0.119. The molecule has 0 atom stereocenters. The summed E-state index contributed by atoms with van der Waals surface area (Å²) in [6, 6.07) is 23.5. The predicted octanol–water partition coefficient (Wildman–Crippen LogP) is 5.37. The number of carbonyl (C=O) groups excluding carboxylic acids is 1. The van der Waals surface area contributed by atoms with Gasteiger partial charge in [-0.25, -0.2) is 13.8 Å². The van der Waals surface area contributed by atoms with Crippen LogP contribution in [0.15, 0.2) is 88.9 Å². The largest absolute Gasteiger partial charge is 0.318 e. The molecular formula is C30H32N4O3S. The number of rotatable bonds is 8. The molecule has 7 nitrogen and oxygen atoms in total. The monoisotopic (exact) mass is 528 g/mol. The summed E-state index contributed by atoms with van der Waals surface area (Å²) in [7, 11) is -3.97. The molecule has 0 aliphatic heterocycles. The van der Waals surface area contributed by atoms with Crippen molar-refractivity contribution in [1.29, 1.82) is 0 Å². The Morgan fingerprint density at radius 3 is 2.13 bits per heavy atom. The van der Waals surface area contributed by atoms with Gasteiger partial charge in [-0.15, -0.1) is 0 Å². The quantitative estimate of drug-likeness (QED) is 0.247. The van der Waals surface area contributed by atoms with E-state index in [1.807, 2.05) is 26.8 Å². The van der Waals surface area contributed by atoms with Crippen LogP contribution in [-0.4, -0.2) is 31.7 Å². The average molecular weight is 529 g/mol. The Hall–Kier alpha value is -4.17. The van der Waals surface area contributed by atoms with Crippen molar-refractivity contribution in [1.82, 2.24) is 9.99 Å². The topological polar surface area (TPSA) is 83.8 Å². The molecule has 0 aliphatic rings. The first-order chi connectivity index (χ1) is 18.1. The zero-order chi connectivity index (χ0) is 27.4. The molecule has 38 heavy (non-hydrogen) atoms. The van der Waals surface area contributed by atoms with Gasteiger partial charge >= 0.3 is 0 Å². The molecule has 0 radical (unpaired) electrons. The van der Waals surface area contributed by atoms with E-state index in [-0.39, 0.29) is 4.90 Å². The molecule has 4 aromatic rings. The molecule has 0 aliphatic carbocycles. The van der Waals surface area contributed by atoms with E-state index in [0.29, 0.717) is 5.69 Å². The molecule has 0 spiro atoms. The molecule has 4 rings (SSSR count). The van der Waals surface area contributed by atoms with Gasteiger partial charge in [0.05, 0.1) is 16.8 Å². The van der Waals surface area contributed by atoms with Crippen LogP contribution in [-0.2, 0) is 14.8 Å². The molecule has 196 valence electrons. The first kappa shape index (κ1) is 26.9. The molecule has 1 heterocycles. The van der Waals surface area contributed by atoms with Crippen molar-refractivity contribution in [3.8, 4) is 5.69 Å². The summed E-state index contributed by atoms with van der Waals surface area (Å²) in [5.41, 5.74) is 10.1. The summed E-state index contributed by atoms with van der Waals surface area (Å²) in [4.78, 5) is 13.0. The number of para-hydroxylation sites is 1. The third-order valence-electron chi connectivity index (χ3n) is 6.27. The van der Waals surface area contributed by atoms with Crippen LogP contribution < -0.4 is 9.73 Å². The highest BCUT2D eigenvalue weighted by Gasteiger charge is 2.27. The number of aryl methyl sites for hydroxylation is 4. The first-order valence-electron chi connectivity index (χ1n) is 12.3. The second kappa shape index (κ2) is 11.1. The van der Waals surface area contributed by atoms with E-state index in [2.05, 4.69) is 47.1 Å². The van der Waals surface area contributed by atoms with E-state index in [9.17, 15) is 13.2 Å². The van der Waals surface area contributed by atoms with Gasteiger partial charge < -0.3 is 4.57 Å². The Morgan fingerprint density at radius 2 is 1.50 bits per heavy atom. The third-order valence-corrected chi connectivity index (χ3v) is 8.06. The molecule has 8 heteroatoms. The first-order valence-corrected chi connectivity index (χ1v) is 13.7. The van der Waals surface area contributed by atoms with Crippen LogP contribution in [0.2, 0.25) is 0 Å². The van der Waals surface area contributed by atoms with Crippen LogP contribution in [0.4, 0.5) is 5.69 Å². The van der Waals surface area contributed by atoms with Gasteiger partial charge in [0.2, 0.25) is 0 Å². The van der Waals surface area contributed by atoms with E-state index < -0.39 is 22.5 Å². The predicted molar refractivity (Wildman–Crippen MR) is 153 cm³/mol. The van der Waals surface area contributed by atoms with Crippen molar-refractivity contribution in [2.24, 2.45) is 5.10 Å². The van der Waals surface area contributed by atoms with Crippen molar-refractivity contribution in [2.45, 2.75) is 39.5 Å². The highest BCUT2D eigenvalue weighted by atomic mass is 32.2. The number of anilines is 1. The van der Waals surface area contributed by atoms with Crippen LogP contribution in [0.5, 0.6) is 0 Å². The summed E-state index contributed by atoms with van der Waals surface area (Å²) in [6.07, 6.45) is 1.58. The van der Waals surface area contributed by atoms with Gasteiger partial charge in [-0.3, -0.25) is 9.10 Å². The normalized spacial score (nSPS) is 11.6. The molecule has 0 unspecified atom stereocenters. The molecule has 1 aromatic heterocycles. The fourth-order valence-electron chi connectivity index (χ4n) is 4.48. The van der Waals surface area contributed by atoms with Gasteiger partial charge in [-0.1, -0.05) is 42.0 Å². The van der Waals surface area contributed by atoms with Crippen molar-refractivity contribution in [3.05, 3.63) is 113 Å². The fourth-order valence-corrected chi connectivity index (χ4v) is 5.90. The average Bonchev–Trinajstić information content (AvgIpc) is 3.15. The summed E-state index contributed by atoms with van der Waals surface area (Å²) < 4.78 is 30.1. The maximum absolute atomic E-state index is 13.4. The molecule has 0 fully saturated rings. The van der Waals surface area contributed by atoms with E-state index in [1.165, 1.54) is 11.1 Å². The van der Waals surface area contributed by atoms with Crippen LogP contribution in [0.1, 0.15) is 33.6 Å². The lowest BCUT2D eigenvalue weighted by Gasteiger charge is -2.23. The summed E-state index contributed by atoms with van der Waals surface area (Å²) >= 11 is 0. The number of hydrazone groups is 1. The summed E-state index contributed by atoms with van der Waals surface area (Å²) in [6.45, 7) is 9.63. The second-order valence-electron chi connectivity index (χ2n) is 9.46. The van der Waals surface area contributed by atoms with Crippen LogP contribution >= 0.6 is 0 Å². The maximum atomic E-state index is 13.4. The number of nitrogens with one attached hydrogen (secondary N) is 1. The Morgan fingerprint density at radius 1 is 0.868 bits per heavy atom. The van der Waals surface area contributed by atoms with Crippen LogP contribution in [0.25, 0.3) is 5.69 Å². The minimum atomic E-state index is -3.97. The van der Waals surface area contributed by atoms with E-state index in [4.69, 9.17) is 0 Å². The number of hydrogen-bond donors (Lipinski definition) is 1. The Bertz CT molecular complexity index is 1570. The van der Waals surface area contributed by atoms with Gasteiger partial charge in [-0.2, -0.15) is 5.10 Å². The highest BCUT2D eigenvalue weighted by Crippen LogP contribution is 2.24. The number of hydrogen-bond acceptors (Lipinski definition) is 4. The lowest BCUT2D eigenvalue weighted by Crippen LogP contribution is -2.39. The number of nitrogens with zero attached hydrogens (tertiary/aromatic N) is 3. The Kier molecular flexibility index (Phi) is 7.83. The number of benzene rings is 3. The van der Waals surface area contributed by atoms with Gasteiger partial charge in [0, 0.05) is 22.6 Å². The minimum absolute atomic E-state index is 0.113. The van der Waals surface area contributed by atoms with Crippen LogP contribution in [0, 0.1) is 34.6 Å². The molecule has 1 N–H and O–H groups in total. The summed E-state index contributed by atoms with van der Waals surface area (Å²) in [5, 5.41) is 4.14. The number of aromatic nitrogens is 1. The molecule has 0 bridgehead atoms. The second-order valence-corrected chi connectivity index (χ2v) is 11.3. The third kappa shape index (κ3) is 5.86. The number of carbonyl (C=O) groups is 1. The van der Waals surface area contributed by atoms with E-state index in [0.717, 1.165) is 32.5 Å². The van der Waals surface area contributed by atoms with Gasteiger partial charge in [0.1, 0.15) is 6.54 Å². The van der Waals surface area contributed by atoms with Gasteiger partial charge in [-0.05, 0) is 88.2 Å². The van der Waals surface area contributed by atoms with Crippen molar-refractivity contribution >= 4 is 27.8 Å². The Labute approximate surface area is 224 Å². The van der Waals surface area contributed by atoms with Crippen LogP contribution in [0.3, 0.4) is 0 Å². The van der Waals surface area contributed by atoms with Gasteiger partial charge in [0.15, 0.2) is 0 Å². The lowest BCUT2D eigenvalue weighted by atomic mass is 10.1. The smallest absolute Gasteiger partial charge is 0.264 e.